The van der Waals surface area contributed by atoms with Gasteiger partial charge in [0.2, 0.25) is 0 Å². The molecule has 0 radical (unpaired) electrons. The summed E-state index contributed by atoms with van der Waals surface area (Å²) in [5, 5.41) is 0. The quantitative estimate of drug-likeness (QED) is 0.173. The molecule has 0 bridgehead atoms. The van der Waals surface area contributed by atoms with Gasteiger partial charge in [0, 0.05) is 22.7 Å². The number of hydrogen-bond acceptors (Lipinski definition) is 1. The summed E-state index contributed by atoms with van der Waals surface area (Å²) in [6.07, 6.45) is 6.07. The van der Waals surface area contributed by atoms with Crippen molar-refractivity contribution in [3.63, 3.8) is 0 Å². The van der Waals surface area contributed by atoms with Gasteiger partial charge < -0.3 is 4.90 Å². The Morgan fingerprint density at radius 3 is 1.56 bits per heavy atom. The van der Waals surface area contributed by atoms with Gasteiger partial charge in [-0.3, -0.25) is 0 Å². The Labute approximate surface area is 347 Å². The van der Waals surface area contributed by atoms with E-state index >= 15 is 0 Å². The normalized spacial score (nSPS) is 17.2. The van der Waals surface area contributed by atoms with Gasteiger partial charge in [-0.15, -0.1) is 0 Å². The first-order chi connectivity index (χ1) is 29.0. The van der Waals surface area contributed by atoms with E-state index in [4.69, 9.17) is 0 Å². The highest BCUT2D eigenvalue weighted by Gasteiger charge is 2.51. The molecular formula is C58H43N. The fraction of sp³-hybridized carbons (Fsp3) is 0.103. The highest BCUT2D eigenvalue weighted by molar-refractivity contribution is 5.95. The van der Waals surface area contributed by atoms with Crippen molar-refractivity contribution < 1.29 is 0 Å². The molecule has 1 spiro atoms. The zero-order valence-corrected chi connectivity index (χ0v) is 33.4. The SMILES string of the molecule is CC1(C)C2=CC(c3ccc4c(c3)C3(c5ccccc5-c5ccccc53)c3ccccc3-4)CC=C2N(c2ccc(-c3ccccc3)cc2)c2ccc(-c3ccccc3)cc21. The summed E-state index contributed by atoms with van der Waals surface area (Å²) < 4.78 is 0. The molecule has 1 atom stereocenters. The van der Waals surface area contributed by atoms with Crippen molar-refractivity contribution >= 4 is 11.4 Å². The van der Waals surface area contributed by atoms with Gasteiger partial charge in [-0.05, 0) is 114 Å². The predicted molar refractivity (Wildman–Crippen MR) is 245 cm³/mol. The van der Waals surface area contributed by atoms with E-state index in [1.807, 2.05) is 0 Å². The third-order valence-electron chi connectivity index (χ3n) is 13.8. The summed E-state index contributed by atoms with van der Waals surface area (Å²) in [5.74, 6) is 0.229. The lowest BCUT2D eigenvalue weighted by Gasteiger charge is -2.46. The highest BCUT2D eigenvalue weighted by atomic mass is 15.2. The van der Waals surface area contributed by atoms with E-state index < -0.39 is 0 Å². The Morgan fingerprint density at radius 2 is 0.949 bits per heavy atom. The van der Waals surface area contributed by atoms with Gasteiger partial charge in [0.1, 0.15) is 0 Å². The summed E-state index contributed by atoms with van der Waals surface area (Å²) >= 11 is 0. The molecule has 1 heteroatoms. The fourth-order valence-electron chi connectivity index (χ4n) is 11.0. The van der Waals surface area contributed by atoms with Gasteiger partial charge in [-0.1, -0.05) is 196 Å². The summed E-state index contributed by atoms with van der Waals surface area (Å²) in [4.78, 5) is 2.52. The van der Waals surface area contributed by atoms with E-state index in [0.717, 1.165) is 6.42 Å². The third kappa shape index (κ3) is 4.85. The molecule has 0 aromatic heterocycles. The molecule has 0 N–H and O–H groups in total. The predicted octanol–water partition coefficient (Wildman–Crippen LogP) is 14.8. The van der Waals surface area contributed by atoms with Crippen LogP contribution in [-0.2, 0) is 10.8 Å². The lowest BCUT2D eigenvalue weighted by Crippen LogP contribution is -2.37. The van der Waals surface area contributed by atoms with Gasteiger partial charge in [0.15, 0.2) is 0 Å². The van der Waals surface area contributed by atoms with Gasteiger partial charge in [0.05, 0.1) is 11.1 Å². The van der Waals surface area contributed by atoms with Gasteiger partial charge in [-0.2, -0.15) is 0 Å². The van der Waals surface area contributed by atoms with Crippen LogP contribution in [0.25, 0.3) is 44.5 Å². The van der Waals surface area contributed by atoms with Gasteiger partial charge in [0.25, 0.3) is 0 Å². The van der Waals surface area contributed by atoms with Crippen LogP contribution in [-0.4, -0.2) is 0 Å². The Balaban J connectivity index is 1.02. The second kappa shape index (κ2) is 12.8. The molecule has 1 nitrogen and oxygen atoms in total. The van der Waals surface area contributed by atoms with Crippen LogP contribution < -0.4 is 4.90 Å². The fourth-order valence-corrected chi connectivity index (χ4v) is 11.0. The molecule has 8 aromatic rings. The van der Waals surface area contributed by atoms with E-state index in [1.165, 1.54) is 101 Å². The van der Waals surface area contributed by atoms with E-state index in [-0.39, 0.29) is 16.7 Å². The Kier molecular flexibility index (Phi) is 7.38. The second-order valence-electron chi connectivity index (χ2n) is 17.2. The molecule has 280 valence electrons. The first-order valence-corrected chi connectivity index (χ1v) is 21.0. The third-order valence-corrected chi connectivity index (χ3v) is 13.8. The maximum absolute atomic E-state index is 2.62. The van der Waals surface area contributed by atoms with Crippen molar-refractivity contribution in [1.29, 1.82) is 0 Å². The smallest absolute Gasteiger partial charge is 0.0725 e. The highest BCUT2D eigenvalue weighted by Crippen LogP contribution is 2.63. The number of rotatable bonds is 4. The number of anilines is 2. The average Bonchev–Trinajstić information content (AvgIpc) is 3.77. The molecule has 12 rings (SSSR count). The van der Waals surface area contributed by atoms with Crippen molar-refractivity contribution in [2.24, 2.45) is 0 Å². The standard InChI is InChI=1S/C58H43N/c1-57(2)53-36-41(39-17-7-4-8-18-39)28-33-55(53)59(44-30-25-40(26-31-44)38-15-5-3-6-16-38)56-34-29-43(37-54(56)57)42-27-32-48-47-21-11-14-24-51(47)58(52(48)35-42)49-22-12-9-19-45(49)46-20-10-13-23-50(46)58/h3-28,30-37,43H,29H2,1-2H3. The van der Waals surface area contributed by atoms with E-state index in [9.17, 15) is 0 Å². The minimum atomic E-state index is -0.350. The molecular weight excluding hydrogens is 711 g/mol. The van der Waals surface area contributed by atoms with Crippen molar-refractivity contribution in [3.05, 3.63) is 251 Å². The molecule has 1 aliphatic heterocycles. The topological polar surface area (TPSA) is 3.24 Å². The summed E-state index contributed by atoms with van der Waals surface area (Å²) in [6.45, 7) is 4.86. The summed E-state index contributed by atoms with van der Waals surface area (Å²) in [7, 11) is 0. The van der Waals surface area contributed by atoms with E-state index in [0.29, 0.717) is 0 Å². The van der Waals surface area contributed by atoms with Crippen LogP contribution in [0.3, 0.4) is 0 Å². The first kappa shape index (κ1) is 34.1. The molecule has 1 heterocycles. The van der Waals surface area contributed by atoms with Crippen LogP contribution in [0.2, 0.25) is 0 Å². The molecule has 3 aliphatic carbocycles. The maximum atomic E-state index is 2.62. The molecule has 1 unspecified atom stereocenters. The summed E-state index contributed by atoms with van der Waals surface area (Å²) in [5.41, 5.74) is 23.2. The first-order valence-electron chi connectivity index (χ1n) is 21.0. The van der Waals surface area contributed by atoms with Crippen molar-refractivity contribution in [2.45, 2.75) is 37.0 Å². The average molecular weight is 754 g/mol. The number of benzene rings is 8. The van der Waals surface area contributed by atoms with Crippen LogP contribution in [0.4, 0.5) is 11.4 Å². The van der Waals surface area contributed by atoms with Crippen molar-refractivity contribution in [3.8, 4) is 44.5 Å². The zero-order chi connectivity index (χ0) is 39.3. The van der Waals surface area contributed by atoms with Crippen LogP contribution in [0.5, 0.6) is 0 Å². The molecule has 59 heavy (non-hydrogen) atoms. The molecule has 0 saturated carbocycles. The number of hydrogen-bond donors (Lipinski definition) is 0. The lowest BCUT2D eigenvalue weighted by atomic mass is 9.67. The minimum Gasteiger partial charge on any atom is -0.310 e. The van der Waals surface area contributed by atoms with Gasteiger partial charge >= 0.3 is 0 Å². The lowest BCUT2D eigenvalue weighted by molar-refractivity contribution is 0.595. The van der Waals surface area contributed by atoms with Gasteiger partial charge in [-0.25, -0.2) is 0 Å². The van der Waals surface area contributed by atoms with Crippen LogP contribution in [0.1, 0.15) is 59.6 Å². The zero-order valence-electron chi connectivity index (χ0n) is 33.4. The molecule has 0 saturated heterocycles. The Hall–Kier alpha value is -6.96. The largest absolute Gasteiger partial charge is 0.310 e. The van der Waals surface area contributed by atoms with Crippen LogP contribution in [0.15, 0.2) is 218 Å². The van der Waals surface area contributed by atoms with E-state index in [2.05, 4.69) is 225 Å². The molecule has 0 fully saturated rings. The number of nitrogens with zero attached hydrogens (tertiary/aromatic N) is 1. The summed E-state index contributed by atoms with van der Waals surface area (Å²) in [6, 6.07) is 72.5. The molecule has 4 aliphatic rings. The second-order valence-corrected chi connectivity index (χ2v) is 17.2. The van der Waals surface area contributed by atoms with E-state index in [1.54, 1.807) is 0 Å². The van der Waals surface area contributed by atoms with Crippen molar-refractivity contribution in [1.82, 2.24) is 0 Å². The Bertz CT molecular complexity index is 2970. The Morgan fingerprint density at radius 1 is 0.441 bits per heavy atom. The number of fused-ring (bicyclic) bond motifs is 12. The maximum Gasteiger partial charge on any atom is 0.0725 e. The minimum absolute atomic E-state index is 0.229. The van der Waals surface area contributed by atoms with Crippen LogP contribution >= 0.6 is 0 Å². The molecule has 8 aromatic carbocycles. The molecule has 0 amide bonds. The van der Waals surface area contributed by atoms with Crippen molar-refractivity contribution in [2.75, 3.05) is 4.90 Å². The number of allylic oxidation sites excluding steroid dienone is 3. The monoisotopic (exact) mass is 753 g/mol. The van der Waals surface area contributed by atoms with Crippen LogP contribution in [0, 0.1) is 0 Å².